The third kappa shape index (κ3) is 7.69. The van der Waals surface area contributed by atoms with Crippen molar-refractivity contribution in [3.63, 3.8) is 0 Å². The fourth-order valence-corrected chi connectivity index (χ4v) is 2.37. The minimum Gasteiger partial charge on any atom is -0.457 e. The lowest BCUT2D eigenvalue weighted by Crippen LogP contribution is -2.25. The summed E-state index contributed by atoms with van der Waals surface area (Å²) in [5.74, 6) is 0.0743. The Bertz CT molecular complexity index is 1030. The molecule has 0 aliphatic carbocycles. The maximum atomic E-state index is 12.2. The van der Waals surface area contributed by atoms with Crippen molar-refractivity contribution in [2.24, 2.45) is 5.10 Å². The zero-order chi connectivity index (χ0) is 22.1. The second kappa shape index (κ2) is 10.1. The molecule has 0 saturated carbocycles. The molecular weight excluding hydrogens is 413 g/mol. The summed E-state index contributed by atoms with van der Waals surface area (Å²) in [5, 5.41) is 6.79. The van der Waals surface area contributed by atoms with Crippen LogP contribution in [-0.2, 0) is 4.79 Å². The van der Waals surface area contributed by atoms with E-state index in [1.165, 1.54) is 18.3 Å². The van der Waals surface area contributed by atoms with Crippen LogP contribution in [0.15, 0.2) is 78.2 Å². The van der Waals surface area contributed by atoms with Gasteiger partial charge in [0.25, 0.3) is 5.91 Å². The number of nitrogens with zero attached hydrogens (tertiary/aromatic N) is 2. The second-order valence-corrected chi connectivity index (χ2v) is 6.08. The molecule has 160 valence electrons. The summed E-state index contributed by atoms with van der Waals surface area (Å²) in [7, 11) is 0. The van der Waals surface area contributed by atoms with Gasteiger partial charge in [-0.1, -0.05) is 6.07 Å². The van der Waals surface area contributed by atoms with Gasteiger partial charge in [0.1, 0.15) is 17.2 Å². The number of benzene rings is 2. The largest absolute Gasteiger partial charge is 0.573 e. The highest BCUT2D eigenvalue weighted by Gasteiger charge is 2.30. The average Bonchev–Trinajstić information content (AvgIpc) is 2.74. The van der Waals surface area contributed by atoms with Crippen molar-refractivity contribution in [1.82, 2.24) is 10.4 Å². The number of carbonyl (C=O) groups excluding carboxylic acids is 1. The van der Waals surface area contributed by atoms with Gasteiger partial charge in [0.05, 0.1) is 12.8 Å². The Morgan fingerprint density at radius 3 is 2.42 bits per heavy atom. The number of aromatic nitrogens is 1. The number of nitrogens with one attached hydrogen (secondary N) is 2. The van der Waals surface area contributed by atoms with Crippen LogP contribution < -0.4 is 20.2 Å². The van der Waals surface area contributed by atoms with Crippen LogP contribution >= 0.6 is 0 Å². The zero-order valence-corrected chi connectivity index (χ0v) is 16.0. The molecule has 2 aromatic carbocycles. The van der Waals surface area contributed by atoms with Crippen molar-refractivity contribution < 1.29 is 27.4 Å². The van der Waals surface area contributed by atoms with Gasteiger partial charge in [0, 0.05) is 24.1 Å². The van der Waals surface area contributed by atoms with E-state index in [1.54, 1.807) is 48.8 Å². The molecule has 0 unspecified atom stereocenters. The molecule has 0 aliphatic rings. The summed E-state index contributed by atoms with van der Waals surface area (Å²) in [6, 6.07) is 15.3. The summed E-state index contributed by atoms with van der Waals surface area (Å²) in [6.07, 6.45) is -0.0208. The Kier molecular flexibility index (Phi) is 7.05. The van der Waals surface area contributed by atoms with Gasteiger partial charge in [-0.15, -0.1) is 13.2 Å². The molecule has 0 fully saturated rings. The van der Waals surface area contributed by atoms with Crippen LogP contribution in [0.2, 0.25) is 0 Å². The maximum absolute atomic E-state index is 12.2. The molecule has 0 atom stereocenters. The fraction of sp³-hybridized carbons (Fsp3) is 0.0952. The summed E-state index contributed by atoms with van der Waals surface area (Å²) in [5.41, 5.74) is 3.81. The molecule has 7 nitrogen and oxygen atoms in total. The van der Waals surface area contributed by atoms with Crippen LogP contribution in [0.25, 0.3) is 0 Å². The molecular formula is C21H17F3N4O3. The van der Waals surface area contributed by atoms with E-state index >= 15 is 0 Å². The third-order valence-corrected chi connectivity index (χ3v) is 3.69. The first-order valence-corrected chi connectivity index (χ1v) is 8.97. The van der Waals surface area contributed by atoms with Crippen LogP contribution in [0, 0.1) is 0 Å². The summed E-state index contributed by atoms with van der Waals surface area (Å²) in [6.45, 7) is -0.0272. The minimum atomic E-state index is -4.75. The number of anilines is 1. The van der Waals surface area contributed by atoms with E-state index in [2.05, 4.69) is 25.6 Å². The number of alkyl halides is 3. The Morgan fingerprint density at radius 2 is 1.71 bits per heavy atom. The lowest BCUT2D eigenvalue weighted by Gasteiger charge is -2.11. The molecule has 1 aromatic heterocycles. The van der Waals surface area contributed by atoms with Gasteiger partial charge in [0.2, 0.25) is 0 Å². The van der Waals surface area contributed by atoms with Gasteiger partial charge in [-0.2, -0.15) is 5.10 Å². The van der Waals surface area contributed by atoms with Crippen LogP contribution in [0.1, 0.15) is 5.56 Å². The van der Waals surface area contributed by atoms with Crippen molar-refractivity contribution in [2.45, 2.75) is 6.36 Å². The molecule has 3 rings (SSSR count). The van der Waals surface area contributed by atoms with Crippen LogP contribution in [0.3, 0.4) is 0 Å². The van der Waals surface area contributed by atoms with E-state index in [-0.39, 0.29) is 18.2 Å². The number of hydrazone groups is 1. The second-order valence-electron chi connectivity index (χ2n) is 6.08. The highest BCUT2D eigenvalue weighted by molar-refractivity contribution is 5.84. The molecule has 2 N–H and O–H groups in total. The first-order chi connectivity index (χ1) is 14.9. The summed E-state index contributed by atoms with van der Waals surface area (Å²) >= 11 is 0. The van der Waals surface area contributed by atoms with Gasteiger partial charge < -0.3 is 14.8 Å². The molecule has 0 saturated heterocycles. The highest BCUT2D eigenvalue weighted by Crippen LogP contribution is 2.28. The first-order valence-electron chi connectivity index (χ1n) is 8.97. The molecule has 0 aliphatic heterocycles. The van der Waals surface area contributed by atoms with Crippen molar-refractivity contribution in [1.29, 1.82) is 0 Å². The topological polar surface area (TPSA) is 84.8 Å². The number of carbonyl (C=O) groups is 1. The number of ether oxygens (including phenoxy) is 2. The lowest BCUT2D eigenvalue weighted by atomic mass is 10.3. The smallest absolute Gasteiger partial charge is 0.457 e. The fourth-order valence-electron chi connectivity index (χ4n) is 2.37. The predicted molar refractivity (Wildman–Crippen MR) is 108 cm³/mol. The monoisotopic (exact) mass is 430 g/mol. The molecule has 31 heavy (non-hydrogen) atoms. The van der Waals surface area contributed by atoms with E-state index in [0.717, 1.165) is 17.7 Å². The van der Waals surface area contributed by atoms with Crippen molar-refractivity contribution in [3.05, 3.63) is 78.6 Å². The number of hydrogen-bond acceptors (Lipinski definition) is 6. The van der Waals surface area contributed by atoms with Crippen LogP contribution in [0.5, 0.6) is 17.2 Å². The van der Waals surface area contributed by atoms with Gasteiger partial charge in [-0.25, -0.2) is 5.43 Å². The van der Waals surface area contributed by atoms with Gasteiger partial charge in [0.15, 0.2) is 0 Å². The Balaban J connectivity index is 1.49. The Labute approximate surface area is 175 Å². The normalized spacial score (nSPS) is 11.2. The van der Waals surface area contributed by atoms with Gasteiger partial charge >= 0.3 is 6.36 Å². The number of amides is 1. The van der Waals surface area contributed by atoms with E-state index in [9.17, 15) is 18.0 Å². The molecule has 1 heterocycles. The quantitative estimate of drug-likeness (QED) is 0.410. The van der Waals surface area contributed by atoms with Gasteiger partial charge in [-0.05, 0) is 54.1 Å². The minimum absolute atomic E-state index is 0.0272. The van der Waals surface area contributed by atoms with Crippen LogP contribution in [-0.4, -0.2) is 30.0 Å². The molecule has 3 aromatic rings. The third-order valence-electron chi connectivity index (χ3n) is 3.69. The van der Waals surface area contributed by atoms with Crippen molar-refractivity contribution in [3.8, 4) is 17.2 Å². The van der Waals surface area contributed by atoms with E-state index in [4.69, 9.17) is 4.74 Å². The van der Waals surface area contributed by atoms with Crippen LogP contribution in [0.4, 0.5) is 18.9 Å². The number of rotatable bonds is 8. The molecule has 0 spiro atoms. The Morgan fingerprint density at radius 1 is 1.00 bits per heavy atom. The SMILES string of the molecule is O=C(CNc1cccc(Oc2ccc(OC(F)(F)F)cc2)c1)N/N=C\c1ccncc1. The standard InChI is InChI=1S/C21H17F3N4O3/c22-21(23,24)31-18-6-4-17(5-7-18)30-19-3-1-2-16(12-19)26-14-20(29)28-27-13-15-8-10-25-11-9-15/h1-13,26H,14H2,(H,28,29)/b27-13-. The van der Waals surface area contributed by atoms with E-state index < -0.39 is 6.36 Å². The van der Waals surface area contributed by atoms with Crippen molar-refractivity contribution in [2.75, 3.05) is 11.9 Å². The van der Waals surface area contributed by atoms with Gasteiger partial charge in [-0.3, -0.25) is 9.78 Å². The first kappa shape index (κ1) is 21.6. The predicted octanol–water partition coefficient (Wildman–Crippen LogP) is 4.33. The molecule has 10 heteroatoms. The number of pyridine rings is 1. The zero-order valence-electron chi connectivity index (χ0n) is 16.0. The number of halogens is 3. The maximum Gasteiger partial charge on any atom is 0.573 e. The van der Waals surface area contributed by atoms with E-state index in [1.807, 2.05) is 0 Å². The summed E-state index contributed by atoms with van der Waals surface area (Å²) in [4.78, 5) is 15.8. The van der Waals surface area contributed by atoms with Crippen molar-refractivity contribution >= 4 is 17.8 Å². The van der Waals surface area contributed by atoms with E-state index in [0.29, 0.717) is 17.2 Å². The summed E-state index contributed by atoms with van der Waals surface area (Å²) < 4.78 is 46.1. The number of hydrogen-bond donors (Lipinski definition) is 2. The molecule has 1 amide bonds. The molecule has 0 radical (unpaired) electrons. The Hall–Kier alpha value is -4.08. The average molecular weight is 430 g/mol. The lowest BCUT2D eigenvalue weighted by molar-refractivity contribution is -0.274. The highest BCUT2D eigenvalue weighted by atomic mass is 19.4. The molecule has 0 bridgehead atoms.